The maximum Gasteiger partial charge on any atom is 0.472 e. The minimum Gasteiger partial charge on any atom is -0.462 e. The zero-order valence-electron chi connectivity index (χ0n) is 64.3. The molecule has 0 fully saturated rings. The molecule has 0 heterocycles. The summed E-state index contributed by atoms with van der Waals surface area (Å²) in [5.74, 6) is 0.178. The van der Waals surface area contributed by atoms with Crippen LogP contribution in [-0.4, -0.2) is 96.7 Å². The van der Waals surface area contributed by atoms with Gasteiger partial charge < -0.3 is 33.8 Å². The molecule has 17 nitrogen and oxygen atoms in total. The highest BCUT2D eigenvalue weighted by Crippen LogP contribution is 2.45. The third-order valence-corrected chi connectivity index (χ3v) is 20.3. The summed E-state index contributed by atoms with van der Waals surface area (Å²) in [6.45, 7) is 11.9. The Hall–Kier alpha value is -1.94. The van der Waals surface area contributed by atoms with Crippen LogP contribution < -0.4 is 0 Å². The molecule has 0 rings (SSSR count). The van der Waals surface area contributed by atoms with Gasteiger partial charge in [-0.15, -0.1) is 0 Å². The molecule has 0 saturated heterocycles. The Labute approximate surface area is 600 Å². The summed E-state index contributed by atoms with van der Waals surface area (Å²) < 4.78 is 68.7. The van der Waals surface area contributed by atoms with Crippen molar-refractivity contribution in [1.29, 1.82) is 0 Å². The van der Waals surface area contributed by atoms with Crippen LogP contribution in [0.15, 0.2) is 0 Å². The van der Waals surface area contributed by atoms with E-state index in [0.717, 1.165) is 108 Å². The van der Waals surface area contributed by atoms with Crippen LogP contribution in [0.4, 0.5) is 0 Å². The zero-order chi connectivity index (χ0) is 72.3. The second-order valence-corrected chi connectivity index (χ2v) is 32.8. The summed E-state index contributed by atoms with van der Waals surface area (Å²) in [7, 11) is -9.92. The molecule has 0 amide bonds. The van der Waals surface area contributed by atoms with Gasteiger partial charge in [0.15, 0.2) is 12.2 Å². The molecular weight excluding hydrogens is 1280 g/mol. The van der Waals surface area contributed by atoms with E-state index in [2.05, 4.69) is 48.5 Å². The van der Waals surface area contributed by atoms with Gasteiger partial charge in [0.05, 0.1) is 26.4 Å². The molecule has 19 heteroatoms. The Morgan fingerprint density at radius 2 is 0.469 bits per heavy atom. The van der Waals surface area contributed by atoms with E-state index < -0.39 is 97.5 Å². The molecule has 0 saturated carbocycles. The number of aliphatic hydroxyl groups excluding tert-OH is 1. The number of rotatable bonds is 77. The minimum absolute atomic E-state index is 0.107. The van der Waals surface area contributed by atoms with Crippen LogP contribution in [0.2, 0.25) is 0 Å². The summed E-state index contributed by atoms with van der Waals surface area (Å²) >= 11 is 0. The smallest absolute Gasteiger partial charge is 0.462 e. The Morgan fingerprint density at radius 1 is 0.276 bits per heavy atom. The Morgan fingerprint density at radius 3 is 0.694 bits per heavy atom. The van der Waals surface area contributed by atoms with Gasteiger partial charge in [-0.3, -0.25) is 37.3 Å². The summed E-state index contributed by atoms with van der Waals surface area (Å²) in [6, 6.07) is 0. The van der Waals surface area contributed by atoms with Crippen molar-refractivity contribution in [2.75, 3.05) is 39.6 Å². The van der Waals surface area contributed by atoms with Crippen molar-refractivity contribution in [3.05, 3.63) is 0 Å². The SMILES string of the molecule is CCCCCCCCCCCCCCCCCC(=O)O[C@H](COC(=O)CCCCCCCCCC(C)C)COP(=O)(O)OC[C@H](O)COP(=O)(O)OC[C@@H](COC(=O)CCCCCCCCCCCCCCCC(C)C)OC(=O)CCCCCCCCCCCCCCCCC(C)C. The van der Waals surface area contributed by atoms with Crippen LogP contribution in [0.1, 0.15) is 408 Å². The molecular formula is C79H154O17P2. The van der Waals surface area contributed by atoms with Crippen molar-refractivity contribution >= 4 is 39.5 Å². The standard InChI is InChI=1S/C79H154O17P2/c1-8-9-10-11-12-13-14-15-16-22-28-33-40-48-55-62-79(84)96-75(67-90-77(82)61-54-47-42-35-38-45-52-59-72(6)7)69-94-98(87,88)92-65-73(80)64-91-97(85,86)93-68-74(66-89-76(81)60-53-46-39-32-27-24-19-21-26-31-37-44-51-58-71(4)5)95-78(83)63-56-49-41-34-29-23-18-17-20-25-30-36-43-50-57-70(2)3/h70-75,80H,8-69H2,1-7H3,(H,85,86)(H,87,88)/t73-,74-,75-/m1/s1. The Balaban J connectivity index is 5.25. The number of carbonyl (C=O) groups excluding carboxylic acids is 4. The maximum absolute atomic E-state index is 13.1. The van der Waals surface area contributed by atoms with Gasteiger partial charge in [0.2, 0.25) is 0 Å². The van der Waals surface area contributed by atoms with Crippen LogP contribution >= 0.6 is 15.6 Å². The van der Waals surface area contributed by atoms with Crippen LogP contribution in [-0.2, 0) is 65.4 Å². The molecule has 2 unspecified atom stereocenters. The average Bonchev–Trinajstić information content (AvgIpc) is 0.980. The second kappa shape index (κ2) is 69.4. The fourth-order valence-corrected chi connectivity index (χ4v) is 13.7. The summed E-state index contributed by atoms with van der Waals surface area (Å²) in [5, 5.41) is 10.6. The number of esters is 4. The molecule has 0 aromatic rings. The monoisotopic (exact) mass is 1440 g/mol. The number of hydrogen-bond donors (Lipinski definition) is 3. The van der Waals surface area contributed by atoms with Gasteiger partial charge in [0.1, 0.15) is 19.3 Å². The number of carbonyl (C=O) groups is 4. The quantitative estimate of drug-likeness (QED) is 0.0222. The van der Waals surface area contributed by atoms with E-state index in [4.69, 9.17) is 37.0 Å². The van der Waals surface area contributed by atoms with Crippen molar-refractivity contribution < 1.29 is 80.2 Å². The highest BCUT2D eigenvalue weighted by molar-refractivity contribution is 7.47. The van der Waals surface area contributed by atoms with E-state index in [-0.39, 0.29) is 25.7 Å². The van der Waals surface area contributed by atoms with E-state index in [1.807, 2.05) is 0 Å². The Bertz CT molecular complexity index is 1900. The lowest BCUT2D eigenvalue weighted by Gasteiger charge is -2.21. The third kappa shape index (κ3) is 72.4. The Kier molecular flexibility index (Phi) is 68.1. The normalized spacial score (nSPS) is 14.0. The van der Waals surface area contributed by atoms with E-state index in [0.29, 0.717) is 31.6 Å². The first kappa shape index (κ1) is 96.1. The van der Waals surface area contributed by atoms with Crippen molar-refractivity contribution in [1.82, 2.24) is 0 Å². The molecule has 3 N–H and O–H groups in total. The number of aliphatic hydroxyl groups is 1. The molecule has 0 radical (unpaired) electrons. The molecule has 98 heavy (non-hydrogen) atoms. The molecule has 0 aliphatic carbocycles. The van der Waals surface area contributed by atoms with Gasteiger partial charge in [-0.05, 0) is 43.4 Å². The molecule has 0 bridgehead atoms. The van der Waals surface area contributed by atoms with Crippen LogP contribution in [0.25, 0.3) is 0 Å². The van der Waals surface area contributed by atoms with E-state index >= 15 is 0 Å². The lowest BCUT2D eigenvalue weighted by atomic mass is 10.0. The number of phosphoric acid groups is 2. The number of phosphoric ester groups is 2. The lowest BCUT2D eigenvalue weighted by Crippen LogP contribution is -2.30. The molecule has 582 valence electrons. The predicted octanol–water partition coefficient (Wildman–Crippen LogP) is 23.4. The van der Waals surface area contributed by atoms with Crippen LogP contribution in [0, 0.1) is 17.8 Å². The van der Waals surface area contributed by atoms with Gasteiger partial charge in [-0.2, -0.15) is 0 Å². The van der Waals surface area contributed by atoms with Crippen molar-refractivity contribution in [2.45, 2.75) is 426 Å². The highest BCUT2D eigenvalue weighted by atomic mass is 31.2. The largest absolute Gasteiger partial charge is 0.472 e. The van der Waals surface area contributed by atoms with Crippen molar-refractivity contribution in [3.63, 3.8) is 0 Å². The predicted molar refractivity (Wildman–Crippen MR) is 400 cm³/mol. The highest BCUT2D eigenvalue weighted by Gasteiger charge is 2.30. The summed E-state index contributed by atoms with van der Waals surface area (Å²) in [4.78, 5) is 72.9. The molecule has 0 aromatic carbocycles. The van der Waals surface area contributed by atoms with Crippen LogP contribution in [0.5, 0.6) is 0 Å². The number of unbranched alkanes of at least 4 members (excludes halogenated alkanes) is 45. The first-order valence-electron chi connectivity index (χ1n) is 40.8. The third-order valence-electron chi connectivity index (χ3n) is 18.4. The van der Waals surface area contributed by atoms with Crippen molar-refractivity contribution in [3.8, 4) is 0 Å². The molecule has 0 spiro atoms. The zero-order valence-corrected chi connectivity index (χ0v) is 66.0. The topological polar surface area (TPSA) is 237 Å². The number of ether oxygens (including phenoxy) is 4. The first-order chi connectivity index (χ1) is 47.2. The fourth-order valence-electron chi connectivity index (χ4n) is 12.1. The van der Waals surface area contributed by atoms with Gasteiger partial charge >= 0.3 is 39.5 Å². The lowest BCUT2D eigenvalue weighted by molar-refractivity contribution is -0.161. The van der Waals surface area contributed by atoms with Gasteiger partial charge in [-0.1, -0.05) is 357 Å². The first-order valence-corrected chi connectivity index (χ1v) is 43.8. The molecule has 5 atom stereocenters. The van der Waals surface area contributed by atoms with Gasteiger partial charge in [0.25, 0.3) is 0 Å². The van der Waals surface area contributed by atoms with E-state index in [9.17, 15) is 43.2 Å². The minimum atomic E-state index is -4.96. The number of hydrogen-bond acceptors (Lipinski definition) is 15. The molecule has 0 aromatic heterocycles. The van der Waals surface area contributed by atoms with Crippen molar-refractivity contribution in [2.24, 2.45) is 17.8 Å². The second-order valence-electron chi connectivity index (χ2n) is 29.9. The maximum atomic E-state index is 13.1. The fraction of sp³-hybridized carbons (Fsp3) is 0.949. The molecule has 0 aliphatic rings. The van der Waals surface area contributed by atoms with E-state index in [1.165, 1.54) is 212 Å². The molecule has 0 aliphatic heterocycles. The van der Waals surface area contributed by atoms with E-state index in [1.54, 1.807) is 0 Å². The summed E-state index contributed by atoms with van der Waals surface area (Å²) in [5.41, 5.74) is 0. The van der Waals surface area contributed by atoms with Gasteiger partial charge in [-0.25, -0.2) is 9.13 Å². The summed E-state index contributed by atoms with van der Waals surface area (Å²) in [6.07, 6.45) is 56.9. The van der Waals surface area contributed by atoms with Gasteiger partial charge in [0, 0.05) is 25.7 Å². The van der Waals surface area contributed by atoms with Crippen LogP contribution in [0.3, 0.4) is 0 Å². The average molecular weight is 1440 g/mol.